The van der Waals surface area contributed by atoms with Crippen LogP contribution in [0.3, 0.4) is 0 Å². The van der Waals surface area contributed by atoms with Gasteiger partial charge in [-0.15, -0.1) is 0 Å². The van der Waals surface area contributed by atoms with E-state index in [4.69, 9.17) is 23.2 Å². The van der Waals surface area contributed by atoms with E-state index in [1.807, 2.05) is 0 Å². The van der Waals surface area contributed by atoms with E-state index in [0.717, 1.165) is 6.20 Å². The number of alkyl halides is 2. The van der Waals surface area contributed by atoms with Gasteiger partial charge in [-0.1, -0.05) is 11.6 Å². The summed E-state index contributed by atoms with van der Waals surface area (Å²) >= 11 is 12.2. The van der Waals surface area contributed by atoms with Crippen molar-refractivity contribution in [1.82, 2.24) is 4.98 Å². The molecular formula is C7H2Cl2F2INO. The lowest BCUT2D eigenvalue weighted by atomic mass is 10.1. The third kappa shape index (κ3) is 2.32. The Bertz CT molecular complexity index is 386. The Morgan fingerprint density at radius 3 is 2.57 bits per heavy atom. The zero-order valence-corrected chi connectivity index (χ0v) is 10.1. The van der Waals surface area contributed by atoms with Gasteiger partial charge in [0.15, 0.2) is 0 Å². The smallest absolute Gasteiger partial charge is 0.265 e. The number of carbonyl (C=O) groups excluding carboxylic acids is 1. The third-order valence-corrected chi connectivity index (χ3v) is 3.35. The normalized spacial score (nSPS) is 10.7. The molecule has 1 aromatic heterocycles. The molecule has 0 fully saturated rings. The molecule has 0 aliphatic heterocycles. The minimum absolute atomic E-state index is 0.0470. The quantitative estimate of drug-likeness (QED) is 0.462. The second-order valence-electron chi connectivity index (χ2n) is 2.26. The summed E-state index contributed by atoms with van der Waals surface area (Å²) in [5, 5.41) is -1.04. The van der Waals surface area contributed by atoms with Gasteiger partial charge in [0.2, 0.25) is 0 Å². The standard InChI is InChI=1S/C7H2Cl2F2INO/c8-5-4(12)3(7(10)11)2(1-13-5)6(9)14/h1,7H. The Kier molecular flexibility index (Phi) is 4.03. The highest BCUT2D eigenvalue weighted by molar-refractivity contribution is 14.1. The van der Waals surface area contributed by atoms with Crippen LogP contribution >= 0.6 is 45.8 Å². The van der Waals surface area contributed by atoms with Crippen molar-refractivity contribution in [3.8, 4) is 0 Å². The van der Waals surface area contributed by atoms with Gasteiger partial charge < -0.3 is 0 Å². The molecule has 0 N–H and O–H groups in total. The van der Waals surface area contributed by atoms with Crippen LogP contribution in [0.2, 0.25) is 5.15 Å². The van der Waals surface area contributed by atoms with E-state index in [1.54, 1.807) is 22.6 Å². The number of hydrogen-bond acceptors (Lipinski definition) is 2. The van der Waals surface area contributed by atoms with E-state index in [9.17, 15) is 13.6 Å². The lowest BCUT2D eigenvalue weighted by molar-refractivity contribution is 0.106. The van der Waals surface area contributed by atoms with Gasteiger partial charge in [0, 0.05) is 11.8 Å². The summed E-state index contributed by atoms with van der Waals surface area (Å²) in [6.07, 6.45) is -1.86. The van der Waals surface area contributed by atoms with Gasteiger partial charge in [0.25, 0.3) is 11.7 Å². The fourth-order valence-electron chi connectivity index (χ4n) is 0.847. The fourth-order valence-corrected chi connectivity index (χ4v) is 1.81. The first-order valence-corrected chi connectivity index (χ1v) is 5.10. The van der Waals surface area contributed by atoms with Gasteiger partial charge in [0.05, 0.1) is 9.13 Å². The summed E-state index contributed by atoms with van der Waals surface area (Å²) in [4.78, 5) is 14.3. The SMILES string of the molecule is O=C(Cl)c1cnc(Cl)c(I)c1C(F)F. The van der Waals surface area contributed by atoms with Crippen molar-refractivity contribution in [1.29, 1.82) is 0 Å². The van der Waals surface area contributed by atoms with Crippen molar-refractivity contribution in [3.05, 3.63) is 26.0 Å². The molecule has 0 saturated heterocycles. The Labute approximate surface area is 102 Å². The van der Waals surface area contributed by atoms with Crippen LogP contribution in [-0.4, -0.2) is 10.2 Å². The average molecular weight is 352 g/mol. The van der Waals surface area contributed by atoms with E-state index in [2.05, 4.69) is 4.98 Å². The third-order valence-electron chi connectivity index (χ3n) is 1.44. The molecule has 0 radical (unpaired) electrons. The first-order chi connectivity index (χ1) is 6.45. The van der Waals surface area contributed by atoms with Crippen LogP contribution in [0.4, 0.5) is 8.78 Å². The van der Waals surface area contributed by atoms with Gasteiger partial charge in [-0.2, -0.15) is 0 Å². The fraction of sp³-hybridized carbons (Fsp3) is 0.143. The van der Waals surface area contributed by atoms with Crippen LogP contribution in [0, 0.1) is 3.57 Å². The van der Waals surface area contributed by atoms with Crippen molar-refractivity contribution >= 4 is 51.0 Å². The van der Waals surface area contributed by atoms with Crippen molar-refractivity contribution < 1.29 is 13.6 Å². The highest BCUT2D eigenvalue weighted by Crippen LogP contribution is 2.31. The highest BCUT2D eigenvalue weighted by Gasteiger charge is 2.22. The Morgan fingerprint density at radius 2 is 2.14 bits per heavy atom. The number of nitrogens with zero attached hydrogens (tertiary/aromatic N) is 1. The molecule has 0 saturated carbocycles. The maximum Gasteiger partial charge on any atom is 0.265 e. The van der Waals surface area contributed by atoms with E-state index >= 15 is 0 Å². The summed E-state index contributed by atoms with van der Waals surface area (Å²) in [5.74, 6) is 0. The lowest BCUT2D eigenvalue weighted by Crippen LogP contribution is -2.03. The van der Waals surface area contributed by atoms with E-state index in [0.29, 0.717) is 0 Å². The maximum absolute atomic E-state index is 12.5. The van der Waals surface area contributed by atoms with E-state index < -0.39 is 17.2 Å². The monoisotopic (exact) mass is 351 g/mol. The number of carbonyl (C=O) groups is 1. The molecule has 76 valence electrons. The van der Waals surface area contributed by atoms with Crippen LogP contribution in [0.15, 0.2) is 6.20 Å². The molecule has 0 aromatic carbocycles. The molecular weight excluding hydrogens is 350 g/mol. The number of rotatable bonds is 2. The van der Waals surface area contributed by atoms with Crippen LogP contribution in [0.5, 0.6) is 0 Å². The van der Waals surface area contributed by atoms with Crippen LogP contribution < -0.4 is 0 Å². The summed E-state index contributed by atoms with van der Waals surface area (Å²) in [7, 11) is 0. The Morgan fingerprint density at radius 1 is 1.57 bits per heavy atom. The predicted octanol–water partition coefficient (Wildman–Crippen LogP) is 3.66. The van der Waals surface area contributed by atoms with Crippen molar-refractivity contribution in [3.63, 3.8) is 0 Å². The predicted molar refractivity (Wildman–Crippen MR) is 57.1 cm³/mol. The first-order valence-electron chi connectivity index (χ1n) is 3.27. The van der Waals surface area contributed by atoms with Crippen LogP contribution in [0.1, 0.15) is 22.3 Å². The topological polar surface area (TPSA) is 30.0 Å². The van der Waals surface area contributed by atoms with E-state index in [1.165, 1.54) is 0 Å². The number of aromatic nitrogens is 1. The summed E-state index contributed by atoms with van der Waals surface area (Å²) in [5.41, 5.74) is -0.777. The Balaban J connectivity index is 3.45. The second kappa shape index (κ2) is 4.67. The number of halogens is 5. The van der Waals surface area contributed by atoms with Crippen LogP contribution in [0.25, 0.3) is 0 Å². The van der Waals surface area contributed by atoms with Crippen molar-refractivity contribution in [2.24, 2.45) is 0 Å². The van der Waals surface area contributed by atoms with Gasteiger partial charge in [-0.05, 0) is 34.2 Å². The molecule has 1 aromatic rings. The van der Waals surface area contributed by atoms with Gasteiger partial charge >= 0.3 is 0 Å². The largest absolute Gasteiger partial charge is 0.276 e. The maximum atomic E-state index is 12.5. The second-order valence-corrected chi connectivity index (χ2v) is 4.04. The molecule has 0 atom stereocenters. The molecule has 0 aliphatic carbocycles. The average Bonchev–Trinajstić information content (AvgIpc) is 2.08. The zero-order chi connectivity index (χ0) is 10.9. The molecule has 1 rings (SSSR count). The molecule has 7 heteroatoms. The number of hydrogen-bond donors (Lipinski definition) is 0. The summed E-state index contributed by atoms with van der Waals surface area (Å²) in [6.45, 7) is 0. The van der Waals surface area contributed by atoms with Gasteiger partial charge in [-0.3, -0.25) is 4.79 Å². The molecule has 0 unspecified atom stereocenters. The molecule has 0 aliphatic rings. The highest BCUT2D eigenvalue weighted by atomic mass is 127. The zero-order valence-electron chi connectivity index (χ0n) is 6.40. The molecule has 0 bridgehead atoms. The van der Waals surface area contributed by atoms with Crippen molar-refractivity contribution in [2.45, 2.75) is 6.43 Å². The molecule has 14 heavy (non-hydrogen) atoms. The Hall–Kier alpha value is -0.0100. The first kappa shape index (κ1) is 12.1. The summed E-state index contributed by atoms with van der Waals surface area (Å²) < 4.78 is 25.1. The number of pyridine rings is 1. The van der Waals surface area contributed by atoms with Crippen LogP contribution in [-0.2, 0) is 0 Å². The lowest BCUT2D eigenvalue weighted by Gasteiger charge is -2.07. The minimum Gasteiger partial charge on any atom is -0.276 e. The van der Waals surface area contributed by atoms with Gasteiger partial charge in [0.1, 0.15) is 5.15 Å². The summed E-state index contributed by atoms with van der Waals surface area (Å²) in [6, 6.07) is 0. The molecule has 2 nitrogen and oxygen atoms in total. The molecule has 0 amide bonds. The molecule has 0 spiro atoms. The minimum atomic E-state index is -2.81. The van der Waals surface area contributed by atoms with E-state index in [-0.39, 0.29) is 14.3 Å². The van der Waals surface area contributed by atoms with Gasteiger partial charge in [-0.25, -0.2) is 13.8 Å². The van der Waals surface area contributed by atoms with Crippen molar-refractivity contribution in [2.75, 3.05) is 0 Å². The molecule has 1 heterocycles.